The Morgan fingerprint density at radius 1 is 1.17 bits per heavy atom. The van der Waals surface area contributed by atoms with Crippen LogP contribution < -0.4 is 10.6 Å². The van der Waals surface area contributed by atoms with Crippen LogP contribution in [0.1, 0.15) is 31.0 Å². The molecule has 0 unspecified atom stereocenters. The molecule has 0 aliphatic heterocycles. The largest absolute Gasteiger partial charge is 0.324 e. The summed E-state index contributed by atoms with van der Waals surface area (Å²) in [6.45, 7) is 6.30. The number of carbonyl (C=O) groups excluding carboxylic acids is 1. The van der Waals surface area contributed by atoms with Gasteiger partial charge in [-0.25, -0.2) is 4.39 Å². The van der Waals surface area contributed by atoms with Gasteiger partial charge in [0.25, 0.3) is 0 Å². The van der Waals surface area contributed by atoms with Crippen LogP contribution in [-0.2, 0) is 4.79 Å². The number of nitrogens with one attached hydrogen (secondary N) is 2. The number of rotatable bonds is 6. The van der Waals surface area contributed by atoms with E-state index in [0.29, 0.717) is 0 Å². The molecule has 0 saturated heterocycles. The van der Waals surface area contributed by atoms with Gasteiger partial charge in [0, 0.05) is 10.5 Å². The van der Waals surface area contributed by atoms with E-state index in [1.165, 1.54) is 12.1 Å². The van der Waals surface area contributed by atoms with Crippen molar-refractivity contribution in [1.82, 2.24) is 5.32 Å². The van der Waals surface area contributed by atoms with Gasteiger partial charge in [0.2, 0.25) is 5.91 Å². The first-order valence-electron chi connectivity index (χ1n) is 7.91. The van der Waals surface area contributed by atoms with E-state index in [0.717, 1.165) is 21.3 Å². The molecule has 5 heteroatoms. The summed E-state index contributed by atoms with van der Waals surface area (Å²) in [5.41, 5.74) is 2.83. The van der Waals surface area contributed by atoms with Crippen LogP contribution in [0.15, 0.2) is 46.9 Å². The van der Waals surface area contributed by atoms with E-state index in [1.807, 2.05) is 25.1 Å². The van der Waals surface area contributed by atoms with E-state index in [1.54, 1.807) is 12.1 Å². The fourth-order valence-electron chi connectivity index (χ4n) is 2.53. The summed E-state index contributed by atoms with van der Waals surface area (Å²) in [6, 6.07) is 12.1. The molecule has 2 rings (SSSR count). The van der Waals surface area contributed by atoms with E-state index < -0.39 is 0 Å². The fraction of sp³-hybridized carbons (Fsp3) is 0.316. The first-order valence-corrected chi connectivity index (χ1v) is 8.71. The Morgan fingerprint density at radius 3 is 2.42 bits per heavy atom. The minimum atomic E-state index is -0.261. The van der Waals surface area contributed by atoms with Gasteiger partial charge >= 0.3 is 0 Å². The first-order chi connectivity index (χ1) is 11.4. The van der Waals surface area contributed by atoms with Crippen molar-refractivity contribution in [2.24, 2.45) is 5.92 Å². The summed E-state index contributed by atoms with van der Waals surface area (Å²) in [5.74, 6) is -0.107. The Morgan fingerprint density at radius 2 is 1.83 bits per heavy atom. The van der Waals surface area contributed by atoms with Crippen molar-refractivity contribution in [3.63, 3.8) is 0 Å². The van der Waals surface area contributed by atoms with Gasteiger partial charge in [-0.05, 0) is 64.2 Å². The fourth-order valence-corrected chi connectivity index (χ4v) is 3.12. The van der Waals surface area contributed by atoms with Crippen molar-refractivity contribution in [3.05, 3.63) is 63.9 Å². The summed E-state index contributed by atoms with van der Waals surface area (Å²) in [4.78, 5) is 12.2. The maximum absolute atomic E-state index is 13.1. The summed E-state index contributed by atoms with van der Waals surface area (Å²) in [6.07, 6.45) is 0. The molecular weight excluding hydrogens is 371 g/mol. The Hall–Kier alpha value is -1.72. The predicted molar refractivity (Wildman–Crippen MR) is 99.5 cm³/mol. The number of anilines is 1. The van der Waals surface area contributed by atoms with Gasteiger partial charge in [-0.15, -0.1) is 0 Å². The maximum atomic E-state index is 13.1. The standard InChI is InChI=1S/C19H22BrFN2O/c1-12(2)19(14-5-7-15(21)8-6-14)22-11-18(24)23-17-9-4-13(3)10-16(17)20/h4-10,12,19,22H,11H2,1-3H3,(H,23,24)/t19-/m1/s1. The minimum absolute atomic E-state index is 0.0159. The molecule has 3 nitrogen and oxygen atoms in total. The zero-order valence-corrected chi connectivity index (χ0v) is 15.7. The number of hydrogen-bond acceptors (Lipinski definition) is 2. The van der Waals surface area contributed by atoms with Gasteiger partial charge in [-0.1, -0.05) is 32.0 Å². The summed E-state index contributed by atoms with van der Waals surface area (Å²) in [5, 5.41) is 6.14. The smallest absolute Gasteiger partial charge is 0.238 e. The molecule has 0 aliphatic carbocycles. The highest BCUT2D eigenvalue weighted by molar-refractivity contribution is 9.10. The average Bonchev–Trinajstić information content (AvgIpc) is 2.52. The number of carbonyl (C=O) groups is 1. The second kappa shape index (κ2) is 8.40. The normalized spacial score (nSPS) is 12.2. The van der Waals surface area contributed by atoms with Gasteiger partial charge in [-0.3, -0.25) is 4.79 Å². The molecule has 1 amide bonds. The van der Waals surface area contributed by atoms with E-state index in [-0.39, 0.29) is 30.2 Å². The summed E-state index contributed by atoms with van der Waals surface area (Å²) >= 11 is 3.45. The molecule has 24 heavy (non-hydrogen) atoms. The Labute approximate surface area is 150 Å². The van der Waals surface area contributed by atoms with Crippen LogP contribution in [-0.4, -0.2) is 12.5 Å². The van der Waals surface area contributed by atoms with Gasteiger partial charge < -0.3 is 10.6 Å². The van der Waals surface area contributed by atoms with Gasteiger partial charge in [0.15, 0.2) is 0 Å². The SMILES string of the molecule is Cc1ccc(NC(=O)CN[C@@H](c2ccc(F)cc2)C(C)C)c(Br)c1. The van der Waals surface area contributed by atoms with Crippen molar-refractivity contribution in [2.45, 2.75) is 26.8 Å². The van der Waals surface area contributed by atoms with E-state index in [4.69, 9.17) is 0 Å². The molecule has 1 atom stereocenters. The molecule has 2 aromatic rings. The van der Waals surface area contributed by atoms with Gasteiger partial charge in [0.1, 0.15) is 5.82 Å². The number of aryl methyl sites for hydroxylation is 1. The van der Waals surface area contributed by atoms with E-state index in [9.17, 15) is 9.18 Å². The lowest BCUT2D eigenvalue weighted by Crippen LogP contribution is -2.33. The number of hydrogen-bond donors (Lipinski definition) is 2. The lowest BCUT2D eigenvalue weighted by atomic mass is 9.96. The molecule has 0 radical (unpaired) electrons. The summed E-state index contributed by atoms with van der Waals surface area (Å²) < 4.78 is 13.9. The van der Waals surface area contributed by atoms with Crippen LogP contribution in [0, 0.1) is 18.7 Å². The van der Waals surface area contributed by atoms with Crippen LogP contribution in [0.3, 0.4) is 0 Å². The molecule has 128 valence electrons. The van der Waals surface area contributed by atoms with Gasteiger partial charge in [0.05, 0.1) is 12.2 Å². The highest BCUT2D eigenvalue weighted by Gasteiger charge is 2.17. The maximum Gasteiger partial charge on any atom is 0.238 e. The quantitative estimate of drug-likeness (QED) is 0.739. The van der Waals surface area contributed by atoms with Crippen molar-refractivity contribution >= 4 is 27.5 Å². The molecule has 0 fully saturated rings. The zero-order valence-electron chi connectivity index (χ0n) is 14.1. The third kappa shape index (κ3) is 5.14. The Kier molecular flexibility index (Phi) is 6.52. The second-order valence-corrected chi connectivity index (χ2v) is 7.04. The molecule has 0 spiro atoms. The van der Waals surface area contributed by atoms with Crippen molar-refractivity contribution in [3.8, 4) is 0 Å². The molecule has 0 aliphatic rings. The first kappa shape index (κ1) is 18.6. The minimum Gasteiger partial charge on any atom is -0.324 e. The van der Waals surface area contributed by atoms with E-state index >= 15 is 0 Å². The Balaban J connectivity index is 1.98. The average molecular weight is 393 g/mol. The van der Waals surface area contributed by atoms with Crippen LogP contribution in [0.4, 0.5) is 10.1 Å². The highest BCUT2D eigenvalue weighted by Crippen LogP contribution is 2.24. The van der Waals surface area contributed by atoms with Crippen LogP contribution in [0.25, 0.3) is 0 Å². The number of benzene rings is 2. The third-order valence-electron chi connectivity index (χ3n) is 3.78. The number of amides is 1. The Bertz CT molecular complexity index is 701. The molecule has 0 heterocycles. The predicted octanol–water partition coefficient (Wildman–Crippen LogP) is 4.82. The van der Waals surface area contributed by atoms with Crippen LogP contribution >= 0.6 is 15.9 Å². The van der Waals surface area contributed by atoms with Gasteiger partial charge in [-0.2, -0.15) is 0 Å². The lowest BCUT2D eigenvalue weighted by molar-refractivity contribution is -0.115. The molecule has 0 saturated carbocycles. The number of halogens is 2. The van der Waals surface area contributed by atoms with E-state index in [2.05, 4.69) is 40.4 Å². The second-order valence-electron chi connectivity index (χ2n) is 6.19. The van der Waals surface area contributed by atoms with Crippen molar-refractivity contribution < 1.29 is 9.18 Å². The zero-order chi connectivity index (χ0) is 17.7. The van der Waals surface area contributed by atoms with Crippen molar-refractivity contribution in [2.75, 3.05) is 11.9 Å². The monoisotopic (exact) mass is 392 g/mol. The highest BCUT2D eigenvalue weighted by atomic mass is 79.9. The van der Waals surface area contributed by atoms with Crippen LogP contribution in [0.2, 0.25) is 0 Å². The summed E-state index contributed by atoms with van der Waals surface area (Å²) in [7, 11) is 0. The lowest BCUT2D eigenvalue weighted by Gasteiger charge is -2.23. The molecule has 0 aromatic heterocycles. The molecule has 0 bridgehead atoms. The third-order valence-corrected chi connectivity index (χ3v) is 4.43. The van der Waals surface area contributed by atoms with Crippen molar-refractivity contribution in [1.29, 1.82) is 0 Å². The van der Waals surface area contributed by atoms with Crippen LogP contribution in [0.5, 0.6) is 0 Å². The topological polar surface area (TPSA) is 41.1 Å². The molecular formula is C19H22BrFN2O. The molecule has 2 N–H and O–H groups in total. The molecule has 2 aromatic carbocycles.